The molecule has 3 aromatic rings. The van der Waals surface area contributed by atoms with E-state index in [1.165, 1.54) is 12.1 Å². The van der Waals surface area contributed by atoms with Crippen LogP contribution in [-0.4, -0.2) is 47.1 Å². The van der Waals surface area contributed by atoms with Crippen LogP contribution in [0.1, 0.15) is 36.6 Å². The first-order chi connectivity index (χ1) is 16.6. The van der Waals surface area contributed by atoms with E-state index in [-0.39, 0.29) is 11.9 Å². The molecule has 9 heteroatoms. The van der Waals surface area contributed by atoms with Crippen LogP contribution in [0.25, 0.3) is 11.4 Å². The molecule has 0 unspecified atom stereocenters. The molecular formula is C26H28F3N5O. The Morgan fingerprint density at radius 3 is 2.14 bits per heavy atom. The predicted octanol–water partition coefficient (Wildman–Crippen LogP) is 5.95. The quantitative estimate of drug-likeness (QED) is 0.498. The molecule has 1 N–H and O–H groups in total. The lowest BCUT2D eigenvalue weighted by Crippen LogP contribution is -2.50. The maximum Gasteiger partial charge on any atom is 0.416 e. The third-order valence-corrected chi connectivity index (χ3v) is 6.06. The van der Waals surface area contributed by atoms with Gasteiger partial charge in [-0.05, 0) is 37.1 Å². The lowest BCUT2D eigenvalue weighted by atomic mass is 10.0. The van der Waals surface area contributed by atoms with Gasteiger partial charge >= 0.3 is 12.2 Å². The molecule has 0 aliphatic carbocycles. The number of carbonyl (C=O) groups is 1. The van der Waals surface area contributed by atoms with E-state index in [1.807, 2.05) is 37.3 Å². The lowest BCUT2D eigenvalue weighted by Gasteiger charge is -2.37. The number of piperazine rings is 1. The van der Waals surface area contributed by atoms with Gasteiger partial charge in [-0.15, -0.1) is 0 Å². The van der Waals surface area contributed by atoms with E-state index in [4.69, 9.17) is 9.97 Å². The number of halogens is 3. The van der Waals surface area contributed by atoms with Gasteiger partial charge in [0.25, 0.3) is 0 Å². The molecule has 2 heterocycles. The number of hydrogen-bond acceptors (Lipinski definition) is 4. The Labute approximate surface area is 202 Å². The highest BCUT2D eigenvalue weighted by Crippen LogP contribution is 2.32. The van der Waals surface area contributed by atoms with Crippen LogP contribution in [0.4, 0.5) is 29.5 Å². The summed E-state index contributed by atoms with van der Waals surface area (Å²) in [6.07, 6.45) is -4.41. The SMILES string of the molecule is Cc1nc(-c2ccccc2)nc(N2CCN(C(=O)Nc3ccc(C(F)(F)F)cc3)CC2)c1C(C)C. The van der Waals surface area contributed by atoms with Crippen LogP contribution in [0.15, 0.2) is 54.6 Å². The van der Waals surface area contributed by atoms with Gasteiger partial charge in [0.15, 0.2) is 5.82 Å². The molecule has 1 aromatic heterocycles. The summed E-state index contributed by atoms with van der Waals surface area (Å²) in [6.45, 7) is 8.34. The Hall–Kier alpha value is -3.62. The van der Waals surface area contributed by atoms with Gasteiger partial charge in [0.2, 0.25) is 0 Å². The zero-order valence-electron chi connectivity index (χ0n) is 19.9. The molecule has 1 aliphatic rings. The van der Waals surface area contributed by atoms with Crippen molar-refractivity contribution in [3.8, 4) is 11.4 Å². The molecule has 35 heavy (non-hydrogen) atoms. The van der Waals surface area contributed by atoms with Crippen LogP contribution in [0.3, 0.4) is 0 Å². The lowest BCUT2D eigenvalue weighted by molar-refractivity contribution is -0.137. The zero-order chi connectivity index (χ0) is 25.2. The van der Waals surface area contributed by atoms with Crippen molar-refractivity contribution in [3.05, 3.63) is 71.4 Å². The standard InChI is InChI=1S/C26H28F3N5O/c1-17(2)22-18(3)30-23(19-7-5-4-6-8-19)32-24(22)33-13-15-34(16-14-33)25(35)31-21-11-9-20(10-12-21)26(27,28)29/h4-12,17H,13-16H2,1-3H3,(H,31,35). The van der Waals surface area contributed by atoms with Gasteiger partial charge < -0.3 is 15.1 Å². The van der Waals surface area contributed by atoms with E-state index in [0.29, 0.717) is 37.7 Å². The molecule has 0 bridgehead atoms. The van der Waals surface area contributed by atoms with Crippen molar-refractivity contribution in [2.45, 2.75) is 32.9 Å². The van der Waals surface area contributed by atoms with Gasteiger partial charge in [-0.25, -0.2) is 14.8 Å². The van der Waals surface area contributed by atoms with Crippen LogP contribution >= 0.6 is 0 Å². The van der Waals surface area contributed by atoms with E-state index in [1.54, 1.807) is 4.90 Å². The van der Waals surface area contributed by atoms with Crippen molar-refractivity contribution in [1.82, 2.24) is 14.9 Å². The molecule has 1 saturated heterocycles. The van der Waals surface area contributed by atoms with Crippen molar-refractivity contribution in [2.24, 2.45) is 0 Å². The molecule has 1 aliphatic heterocycles. The number of aryl methyl sites for hydroxylation is 1. The Morgan fingerprint density at radius 2 is 1.57 bits per heavy atom. The van der Waals surface area contributed by atoms with E-state index in [2.05, 4.69) is 24.1 Å². The van der Waals surface area contributed by atoms with E-state index >= 15 is 0 Å². The minimum Gasteiger partial charge on any atom is -0.353 e. The normalized spacial score (nSPS) is 14.4. The fourth-order valence-electron chi connectivity index (χ4n) is 4.27. The summed E-state index contributed by atoms with van der Waals surface area (Å²) in [5.41, 5.74) is 2.55. The zero-order valence-corrected chi connectivity index (χ0v) is 19.9. The Bertz CT molecular complexity index is 1170. The average Bonchev–Trinajstić information content (AvgIpc) is 2.83. The molecule has 0 spiro atoms. The molecule has 0 saturated carbocycles. The number of nitrogens with one attached hydrogen (secondary N) is 1. The molecule has 1 fully saturated rings. The topological polar surface area (TPSA) is 61.4 Å². The maximum absolute atomic E-state index is 12.8. The number of anilines is 2. The first kappa shape index (κ1) is 24.5. The van der Waals surface area contributed by atoms with Gasteiger partial charge in [-0.2, -0.15) is 13.2 Å². The summed E-state index contributed by atoms with van der Waals surface area (Å²) in [4.78, 5) is 26.2. The number of benzene rings is 2. The van der Waals surface area contributed by atoms with Gasteiger partial charge in [-0.3, -0.25) is 0 Å². The number of aromatic nitrogens is 2. The highest BCUT2D eigenvalue weighted by atomic mass is 19.4. The molecule has 0 atom stereocenters. The van der Waals surface area contributed by atoms with Crippen molar-refractivity contribution < 1.29 is 18.0 Å². The van der Waals surface area contributed by atoms with Gasteiger partial charge in [0.1, 0.15) is 5.82 Å². The van der Waals surface area contributed by atoms with Gasteiger partial charge in [-0.1, -0.05) is 44.2 Å². The maximum atomic E-state index is 12.8. The molecule has 2 amide bonds. The second-order valence-electron chi connectivity index (χ2n) is 8.87. The summed E-state index contributed by atoms with van der Waals surface area (Å²) >= 11 is 0. The molecular weight excluding hydrogens is 455 g/mol. The summed E-state index contributed by atoms with van der Waals surface area (Å²) < 4.78 is 38.3. The van der Waals surface area contributed by atoms with E-state index in [9.17, 15) is 18.0 Å². The van der Waals surface area contributed by atoms with Gasteiger partial charge in [0.05, 0.1) is 5.56 Å². The number of nitrogens with zero attached hydrogens (tertiary/aromatic N) is 4. The molecule has 184 valence electrons. The second kappa shape index (κ2) is 9.93. The number of amides is 2. The summed E-state index contributed by atoms with van der Waals surface area (Å²) in [5, 5.41) is 2.69. The summed E-state index contributed by atoms with van der Waals surface area (Å²) in [6, 6.07) is 13.9. The number of hydrogen-bond donors (Lipinski definition) is 1. The van der Waals surface area contributed by atoms with Gasteiger partial charge in [0, 0.05) is 48.7 Å². The van der Waals surface area contributed by atoms with E-state index in [0.717, 1.165) is 34.8 Å². The minimum absolute atomic E-state index is 0.232. The van der Waals surface area contributed by atoms with Crippen LogP contribution < -0.4 is 10.2 Å². The van der Waals surface area contributed by atoms with Crippen LogP contribution in [-0.2, 0) is 6.18 Å². The minimum atomic E-state index is -4.41. The number of carbonyl (C=O) groups excluding carboxylic acids is 1. The second-order valence-corrected chi connectivity index (χ2v) is 8.87. The van der Waals surface area contributed by atoms with E-state index < -0.39 is 11.7 Å². The number of alkyl halides is 3. The smallest absolute Gasteiger partial charge is 0.353 e. The highest BCUT2D eigenvalue weighted by molar-refractivity contribution is 5.89. The van der Waals surface area contributed by atoms with Crippen LogP contribution in [0.2, 0.25) is 0 Å². The molecule has 2 aromatic carbocycles. The highest BCUT2D eigenvalue weighted by Gasteiger charge is 2.30. The van der Waals surface area contributed by atoms with Crippen molar-refractivity contribution in [3.63, 3.8) is 0 Å². The Balaban J connectivity index is 1.47. The third-order valence-electron chi connectivity index (χ3n) is 6.06. The summed E-state index contributed by atoms with van der Waals surface area (Å²) in [5.74, 6) is 1.79. The fraction of sp³-hybridized carbons (Fsp3) is 0.346. The monoisotopic (exact) mass is 483 g/mol. The fourth-order valence-corrected chi connectivity index (χ4v) is 4.27. The first-order valence-electron chi connectivity index (χ1n) is 11.6. The molecule has 6 nitrogen and oxygen atoms in total. The van der Waals surface area contributed by atoms with Crippen molar-refractivity contribution in [1.29, 1.82) is 0 Å². The van der Waals surface area contributed by atoms with Crippen molar-refractivity contribution >= 4 is 17.5 Å². The third kappa shape index (κ3) is 5.55. The van der Waals surface area contributed by atoms with Crippen LogP contribution in [0.5, 0.6) is 0 Å². The van der Waals surface area contributed by atoms with Crippen molar-refractivity contribution in [2.75, 3.05) is 36.4 Å². The number of urea groups is 1. The number of rotatable bonds is 4. The summed E-state index contributed by atoms with van der Waals surface area (Å²) in [7, 11) is 0. The van der Waals surface area contributed by atoms with Crippen LogP contribution in [0, 0.1) is 6.92 Å². The first-order valence-corrected chi connectivity index (χ1v) is 11.6. The Morgan fingerprint density at radius 1 is 0.943 bits per heavy atom. The largest absolute Gasteiger partial charge is 0.416 e. The predicted molar refractivity (Wildman–Crippen MR) is 131 cm³/mol. The Kier molecular flexibility index (Phi) is 6.95. The molecule has 4 rings (SSSR count). The molecule has 0 radical (unpaired) electrons. The average molecular weight is 484 g/mol.